The van der Waals surface area contributed by atoms with Gasteiger partial charge in [0, 0.05) is 29.9 Å². The molecule has 0 aliphatic heterocycles. The molecule has 10 nitrogen and oxygen atoms in total. The molecule has 1 atom stereocenters. The number of aryl methyl sites for hydroxylation is 2. The van der Waals surface area contributed by atoms with Crippen LogP contribution >= 0.6 is 0 Å². The van der Waals surface area contributed by atoms with Crippen LogP contribution in [0.25, 0.3) is 33.7 Å². The fraction of sp³-hybridized carbons (Fsp3) is 0.379. The topological polar surface area (TPSA) is 127 Å². The van der Waals surface area contributed by atoms with Crippen LogP contribution in [0.4, 0.5) is 0 Å². The Hall–Kier alpha value is -4.34. The summed E-state index contributed by atoms with van der Waals surface area (Å²) in [5.41, 5.74) is 6.67. The number of imidazole rings is 1. The molecule has 200 valence electrons. The van der Waals surface area contributed by atoms with Crippen molar-refractivity contribution in [3.8, 4) is 22.5 Å². The zero-order chi connectivity index (χ0) is 27.1. The fourth-order valence-electron chi connectivity index (χ4n) is 5.09. The second-order valence-electron chi connectivity index (χ2n) is 11.1. The van der Waals surface area contributed by atoms with Gasteiger partial charge in [-0.15, -0.1) is 0 Å². The molecule has 0 spiro atoms. The summed E-state index contributed by atoms with van der Waals surface area (Å²) in [6.07, 6.45) is 9.46. The van der Waals surface area contributed by atoms with Gasteiger partial charge in [0.05, 0.1) is 23.3 Å². The van der Waals surface area contributed by atoms with Crippen molar-refractivity contribution >= 4 is 17.1 Å². The van der Waals surface area contributed by atoms with Gasteiger partial charge in [-0.1, -0.05) is 50.5 Å². The lowest BCUT2D eigenvalue weighted by molar-refractivity contribution is 0.0890. The summed E-state index contributed by atoms with van der Waals surface area (Å²) in [4.78, 5) is 30.0. The number of amides is 1. The lowest BCUT2D eigenvalue weighted by atomic mass is 9.94. The minimum Gasteiger partial charge on any atom is -0.341 e. The molecule has 2 N–H and O–H groups in total. The summed E-state index contributed by atoms with van der Waals surface area (Å²) in [7, 11) is 0. The maximum atomic E-state index is 13.0. The second-order valence-corrected chi connectivity index (χ2v) is 11.1. The number of nitrogens with zero attached hydrogens (tertiary/aromatic N) is 6. The fourth-order valence-corrected chi connectivity index (χ4v) is 5.09. The SMILES string of the molecule is CCn1cc(-c2nc3nccc(-c4ccc5c(c4)CCCCC5NC(=O)c4nc(C(C)(C)C)no4)c3[nH]2)cn1. The molecule has 1 amide bonds. The highest BCUT2D eigenvalue weighted by atomic mass is 16.5. The molecule has 1 aliphatic rings. The lowest BCUT2D eigenvalue weighted by Gasteiger charge is -2.19. The third kappa shape index (κ3) is 4.82. The zero-order valence-corrected chi connectivity index (χ0v) is 22.7. The van der Waals surface area contributed by atoms with Gasteiger partial charge in [0.1, 0.15) is 5.82 Å². The third-order valence-corrected chi connectivity index (χ3v) is 7.24. The van der Waals surface area contributed by atoms with Crippen LogP contribution in [0, 0.1) is 0 Å². The van der Waals surface area contributed by atoms with Crippen LogP contribution in [-0.2, 0) is 18.4 Å². The smallest absolute Gasteiger partial charge is 0.315 e. The Balaban J connectivity index is 1.30. The Bertz CT molecular complexity index is 1660. The first kappa shape index (κ1) is 25.0. The zero-order valence-electron chi connectivity index (χ0n) is 22.7. The van der Waals surface area contributed by atoms with Gasteiger partial charge < -0.3 is 14.8 Å². The first-order chi connectivity index (χ1) is 18.8. The Labute approximate surface area is 226 Å². The van der Waals surface area contributed by atoms with E-state index in [1.54, 1.807) is 6.20 Å². The summed E-state index contributed by atoms with van der Waals surface area (Å²) in [5, 5.41) is 11.5. The maximum absolute atomic E-state index is 13.0. The molecule has 0 fully saturated rings. The van der Waals surface area contributed by atoms with E-state index >= 15 is 0 Å². The Kier molecular flexibility index (Phi) is 6.25. The predicted molar refractivity (Wildman–Crippen MR) is 147 cm³/mol. The van der Waals surface area contributed by atoms with E-state index < -0.39 is 0 Å². The normalized spacial score (nSPS) is 15.7. The van der Waals surface area contributed by atoms with E-state index in [4.69, 9.17) is 9.51 Å². The number of carbonyl (C=O) groups excluding carboxylic acids is 1. The molecular formula is C29H32N8O2. The molecule has 0 saturated heterocycles. The highest BCUT2D eigenvalue weighted by Crippen LogP contribution is 2.34. The van der Waals surface area contributed by atoms with Crippen LogP contribution in [0.2, 0.25) is 0 Å². The number of benzene rings is 1. The number of H-pyrrole nitrogens is 1. The van der Waals surface area contributed by atoms with Crippen LogP contribution < -0.4 is 5.32 Å². The quantitative estimate of drug-likeness (QED) is 0.295. The second kappa shape index (κ2) is 9.76. The molecule has 39 heavy (non-hydrogen) atoms. The van der Waals surface area contributed by atoms with Gasteiger partial charge >= 0.3 is 11.8 Å². The highest BCUT2D eigenvalue weighted by molar-refractivity contribution is 5.92. The number of aromatic nitrogens is 7. The van der Waals surface area contributed by atoms with Crippen LogP contribution in [0.1, 0.15) is 80.6 Å². The van der Waals surface area contributed by atoms with Gasteiger partial charge in [0.25, 0.3) is 0 Å². The Morgan fingerprint density at radius 3 is 2.82 bits per heavy atom. The average Bonchev–Trinajstić information content (AvgIpc) is 3.66. The van der Waals surface area contributed by atoms with Gasteiger partial charge in [-0.25, -0.2) is 9.97 Å². The van der Waals surface area contributed by atoms with Crippen molar-refractivity contribution in [3.63, 3.8) is 0 Å². The first-order valence-electron chi connectivity index (χ1n) is 13.5. The molecule has 10 heteroatoms. The summed E-state index contributed by atoms with van der Waals surface area (Å²) >= 11 is 0. The van der Waals surface area contributed by atoms with Gasteiger partial charge in [-0.2, -0.15) is 10.1 Å². The number of nitrogens with one attached hydrogen (secondary N) is 2. The number of fused-ring (bicyclic) bond motifs is 2. The monoisotopic (exact) mass is 524 g/mol. The standard InChI is InChI=1S/C29H32N8O2/c1-5-37-16-19(15-31-37)24-33-23-21(12-13-30-25(23)34-24)18-10-11-20-17(14-18)8-6-7-9-22(20)32-26(38)27-35-28(36-39-27)29(2,3)4/h10-16,22H,5-9H2,1-4H3,(H,32,38)(H,30,33,34). The van der Waals surface area contributed by atoms with E-state index in [1.165, 1.54) is 5.56 Å². The molecule has 1 unspecified atom stereocenters. The van der Waals surface area contributed by atoms with Gasteiger partial charge in [-0.3, -0.25) is 9.48 Å². The molecular weight excluding hydrogens is 492 g/mol. The number of carbonyl (C=O) groups is 1. The molecule has 1 aromatic carbocycles. The number of hydrogen-bond acceptors (Lipinski definition) is 7. The minimum atomic E-state index is -0.341. The molecule has 5 aromatic rings. The Morgan fingerprint density at radius 1 is 1.18 bits per heavy atom. The van der Waals surface area contributed by atoms with Gasteiger partial charge in [-0.05, 0) is 48.9 Å². The lowest BCUT2D eigenvalue weighted by Crippen LogP contribution is -2.29. The molecule has 0 saturated carbocycles. The van der Waals surface area contributed by atoms with Crippen molar-refractivity contribution in [2.75, 3.05) is 0 Å². The van der Waals surface area contributed by atoms with Crippen LogP contribution in [0.15, 0.2) is 47.4 Å². The summed E-state index contributed by atoms with van der Waals surface area (Å²) in [5.74, 6) is 0.925. The number of aromatic amines is 1. The highest BCUT2D eigenvalue weighted by Gasteiger charge is 2.27. The van der Waals surface area contributed by atoms with E-state index in [2.05, 4.69) is 55.6 Å². The van der Waals surface area contributed by atoms with E-state index in [9.17, 15) is 4.79 Å². The number of hydrogen-bond donors (Lipinski definition) is 2. The number of pyridine rings is 1. The number of rotatable bonds is 5. The minimum absolute atomic E-state index is 0.000971. The third-order valence-electron chi connectivity index (χ3n) is 7.24. The van der Waals surface area contributed by atoms with E-state index in [-0.39, 0.29) is 23.3 Å². The van der Waals surface area contributed by atoms with Crippen molar-refractivity contribution in [1.82, 2.24) is 40.2 Å². The summed E-state index contributed by atoms with van der Waals surface area (Å²) < 4.78 is 7.15. The van der Waals surface area contributed by atoms with E-state index in [1.807, 2.05) is 43.9 Å². The van der Waals surface area contributed by atoms with Crippen molar-refractivity contribution < 1.29 is 9.32 Å². The summed E-state index contributed by atoms with van der Waals surface area (Å²) in [6, 6.07) is 8.36. The van der Waals surface area contributed by atoms with Crippen molar-refractivity contribution in [2.45, 2.75) is 71.4 Å². The van der Waals surface area contributed by atoms with Crippen LogP contribution in [0.5, 0.6) is 0 Å². The molecule has 1 aliphatic carbocycles. The predicted octanol–water partition coefficient (Wildman–Crippen LogP) is 5.39. The van der Waals surface area contributed by atoms with Crippen LogP contribution in [0.3, 0.4) is 0 Å². The van der Waals surface area contributed by atoms with Gasteiger partial charge in [0.15, 0.2) is 11.5 Å². The average molecular weight is 525 g/mol. The van der Waals surface area contributed by atoms with Crippen molar-refractivity contribution in [2.24, 2.45) is 0 Å². The van der Waals surface area contributed by atoms with E-state index in [0.717, 1.165) is 65.8 Å². The van der Waals surface area contributed by atoms with Crippen molar-refractivity contribution in [1.29, 1.82) is 0 Å². The maximum Gasteiger partial charge on any atom is 0.315 e. The molecule has 0 bridgehead atoms. The molecule has 0 radical (unpaired) electrons. The largest absolute Gasteiger partial charge is 0.341 e. The van der Waals surface area contributed by atoms with Gasteiger partial charge in [0.2, 0.25) is 0 Å². The first-order valence-corrected chi connectivity index (χ1v) is 13.5. The molecule has 4 aromatic heterocycles. The Morgan fingerprint density at radius 2 is 2.05 bits per heavy atom. The van der Waals surface area contributed by atoms with E-state index in [0.29, 0.717) is 11.5 Å². The molecule has 4 heterocycles. The summed E-state index contributed by atoms with van der Waals surface area (Å²) in [6.45, 7) is 8.81. The van der Waals surface area contributed by atoms with Crippen molar-refractivity contribution in [3.05, 3.63) is 65.7 Å². The van der Waals surface area contributed by atoms with Crippen LogP contribution in [-0.4, -0.2) is 40.8 Å². The molecule has 6 rings (SSSR count).